The summed E-state index contributed by atoms with van der Waals surface area (Å²) in [4.78, 5) is 12.1. The topological polar surface area (TPSA) is 38.3 Å². The lowest BCUT2D eigenvalue weighted by molar-refractivity contribution is -0.122. The molecule has 0 heterocycles. The van der Waals surface area contributed by atoms with Gasteiger partial charge in [0, 0.05) is 10.7 Å². The van der Waals surface area contributed by atoms with Gasteiger partial charge in [-0.1, -0.05) is 35.9 Å². The molecule has 0 unspecified atom stereocenters. The van der Waals surface area contributed by atoms with Gasteiger partial charge in [-0.25, -0.2) is 0 Å². The van der Waals surface area contributed by atoms with Crippen molar-refractivity contribution in [2.75, 3.05) is 5.32 Å². The monoisotopic (exact) mass is 289 g/mol. The lowest BCUT2D eigenvalue weighted by Gasteiger charge is -2.15. The van der Waals surface area contributed by atoms with Crippen LogP contribution in [0.1, 0.15) is 12.5 Å². The van der Waals surface area contributed by atoms with E-state index >= 15 is 0 Å². The van der Waals surface area contributed by atoms with E-state index in [1.807, 2.05) is 43.3 Å². The smallest absolute Gasteiger partial charge is 0.265 e. The number of hydrogen-bond acceptors (Lipinski definition) is 2. The minimum Gasteiger partial charge on any atom is -0.481 e. The summed E-state index contributed by atoms with van der Waals surface area (Å²) < 4.78 is 5.57. The van der Waals surface area contributed by atoms with E-state index in [1.54, 1.807) is 19.1 Å². The Bertz CT molecular complexity index is 599. The van der Waals surface area contributed by atoms with E-state index in [9.17, 15) is 4.79 Å². The predicted octanol–water partition coefficient (Wildman–Crippen LogP) is 4.05. The van der Waals surface area contributed by atoms with Crippen molar-refractivity contribution in [1.82, 2.24) is 0 Å². The first-order chi connectivity index (χ1) is 9.56. The van der Waals surface area contributed by atoms with Gasteiger partial charge in [0.15, 0.2) is 6.10 Å². The molecule has 0 bridgehead atoms. The maximum Gasteiger partial charge on any atom is 0.265 e. The van der Waals surface area contributed by atoms with Crippen molar-refractivity contribution < 1.29 is 9.53 Å². The molecule has 0 aromatic heterocycles. The Morgan fingerprint density at radius 2 is 1.90 bits per heavy atom. The van der Waals surface area contributed by atoms with Crippen LogP contribution in [0.5, 0.6) is 5.75 Å². The molecule has 2 rings (SSSR count). The summed E-state index contributed by atoms with van der Waals surface area (Å²) in [6, 6.07) is 14.6. The van der Waals surface area contributed by atoms with Crippen molar-refractivity contribution in [3.63, 3.8) is 0 Å². The lowest BCUT2D eigenvalue weighted by Crippen LogP contribution is -2.30. The number of para-hydroxylation sites is 1. The van der Waals surface area contributed by atoms with Gasteiger partial charge in [0.2, 0.25) is 0 Å². The minimum atomic E-state index is -0.587. The van der Waals surface area contributed by atoms with Crippen LogP contribution >= 0.6 is 11.6 Å². The third kappa shape index (κ3) is 3.75. The van der Waals surface area contributed by atoms with Crippen LogP contribution in [-0.2, 0) is 4.79 Å². The summed E-state index contributed by atoms with van der Waals surface area (Å²) >= 11 is 5.93. The maximum atomic E-state index is 12.1. The zero-order valence-electron chi connectivity index (χ0n) is 11.4. The number of ether oxygens (including phenoxy) is 1. The molecule has 1 atom stereocenters. The highest BCUT2D eigenvalue weighted by Crippen LogP contribution is 2.20. The Balaban J connectivity index is 2.02. The number of benzene rings is 2. The molecule has 0 saturated carbocycles. The molecule has 0 aliphatic heterocycles. The van der Waals surface area contributed by atoms with Crippen LogP contribution in [0, 0.1) is 6.92 Å². The van der Waals surface area contributed by atoms with Crippen molar-refractivity contribution in [3.8, 4) is 5.75 Å². The summed E-state index contributed by atoms with van der Waals surface area (Å²) in [6.07, 6.45) is -0.587. The van der Waals surface area contributed by atoms with E-state index < -0.39 is 6.10 Å². The van der Waals surface area contributed by atoms with Gasteiger partial charge in [0.05, 0.1) is 0 Å². The van der Waals surface area contributed by atoms with E-state index in [0.717, 1.165) is 5.56 Å². The number of anilines is 1. The van der Waals surface area contributed by atoms with E-state index in [2.05, 4.69) is 5.32 Å². The predicted molar refractivity (Wildman–Crippen MR) is 81.4 cm³/mol. The number of halogens is 1. The van der Waals surface area contributed by atoms with Gasteiger partial charge >= 0.3 is 0 Å². The van der Waals surface area contributed by atoms with E-state index in [0.29, 0.717) is 16.5 Å². The van der Waals surface area contributed by atoms with Crippen LogP contribution in [0.2, 0.25) is 5.02 Å². The molecule has 0 aliphatic carbocycles. The zero-order chi connectivity index (χ0) is 14.5. The SMILES string of the molecule is Cc1ccc(Cl)cc1NC(=O)[C@@H](C)Oc1ccccc1. The van der Waals surface area contributed by atoms with Crippen molar-refractivity contribution in [3.05, 3.63) is 59.1 Å². The second kappa shape index (κ2) is 6.44. The van der Waals surface area contributed by atoms with Crippen LogP contribution in [0.3, 0.4) is 0 Å². The number of carbonyl (C=O) groups is 1. The van der Waals surface area contributed by atoms with Gasteiger partial charge < -0.3 is 10.1 Å². The number of nitrogens with one attached hydrogen (secondary N) is 1. The molecule has 0 spiro atoms. The van der Waals surface area contributed by atoms with Gasteiger partial charge in [-0.05, 0) is 43.7 Å². The third-order valence-electron chi connectivity index (χ3n) is 2.88. The van der Waals surface area contributed by atoms with Crippen molar-refractivity contribution in [2.45, 2.75) is 20.0 Å². The van der Waals surface area contributed by atoms with Crippen LogP contribution in [0.25, 0.3) is 0 Å². The fourth-order valence-electron chi connectivity index (χ4n) is 1.72. The average Bonchev–Trinajstić information content (AvgIpc) is 2.44. The van der Waals surface area contributed by atoms with Crippen molar-refractivity contribution >= 4 is 23.2 Å². The van der Waals surface area contributed by atoms with Gasteiger partial charge in [0.1, 0.15) is 5.75 Å². The lowest BCUT2D eigenvalue weighted by atomic mass is 10.2. The molecule has 104 valence electrons. The Morgan fingerprint density at radius 1 is 1.20 bits per heavy atom. The molecular weight excluding hydrogens is 274 g/mol. The molecule has 1 N–H and O–H groups in total. The first kappa shape index (κ1) is 14.4. The summed E-state index contributed by atoms with van der Waals surface area (Å²) in [5.74, 6) is 0.456. The Labute approximate surface area is 123 Å². The summed E-state index contributed by atoms with van der Waals surface area (Å²) in [5, 5.41) is 3.41. The number of aryl methyl sites for hydroxylation is 1. The number of carbonyl (C=O) groups excluding carboxylic acids is 1. The molecule has 20 heavy (non-hydrogen) atoms. The summed E-state index contributed by atoms with van der Waals surface area (Å²) in [7, 11) is 0. The molecule has 0 radical (unpaired) electrons. The largest absolute Gasteiger partial charge is 0.481 e. The molecule has 4 heteroatoms. The molecule has 2 aromatic carbocycles. The standard InChI is InChI=1S/C16H16ClNO2/c1-11-8-9-13(17)10-15(11)18-16(19)12(2)20-14-6-4-3-5-7-14/h3-10,12H,1-2H3,(H,18,19)/t12-/m1/s1. The highest BCUT2D eigenvalue weighted by molar-refractivity contribution is 6.31. The zero-order valence-corrected chi connectivity index (χ0v) is 12.1. The summed E-state index contributed by atoms with van der Waals surface area (Å²) in [6.45, 7) is 3.62. The van der Waals surface area contributed by atoms with Crippen LogP contribution in [-0.4, -0.2) is 12.0 Å². The summed E-state index contributed by atoms with van der Waals surface area (Å²) in [5.41, 5.74) is 1.65. The normalized spacial score (nSPS) is 11.8. The number of hydrogen-bond donors (Lipinski definition) is 1. The first-order valence-corrected chi connectivity index (χ1v) is 6.73. The molecule has 0 fully saturated rings. The average molecular weight is 290 g/mol. The van der Waals surface area contributed by atoms with Gasteiger partial charge in [-0.15, -0.1) is 0 Å². The molecule has 2 aromatic rings. The van der Waals surface area contributed by atoms with Crippen molar-refractivity contribution in [1.29, 1.82) is 0 Å². The number of rotatable bonds is 4. The van der Waals surface area contributed by atoms with Crippen LogP contribution in [0.4, 0.5) is 5.69 Å². The minimum absolute atomic E-state index is 0.209. The maximum absolute atomic E-state index is 12.1. The second-order valence-corrected chi connectivity index (χ2v) is 4.96. The molecule has 0 aliphatic rings. The molecule has 1 amide bonds. The molecular formula is C16H16ClNO2. The fourth-order valence-corrected chi connectivity index (χ4v) is 1.89. The quantitative estimate of drug-likeness (QED) is 0.922. The Kier molecular flexibility index (Phi) is 4.64. The van der Waals surface area contributed by atoms with E-state index in [4.69, 9.17) is 16.3 Å². The Morgan fingerprint density at radius 3 is 2.60 bits per heavy atom. The molecule has 0 saturated heterocycles. The Hall–Kier alpha value is -2.00. The second-order valence-electron chi connectivity index (χ2n) is 4.52. The van der Waals surface area contributed by atoms with E-state index in [1.165, 1.54) is 0 Å². The van der Waals surface area contributed by atoms with Gasteiger partial charge in [0.25, 0.3) is 5.91 Å². The van der Waals surface area contributed by atoms with Crippen LogP contribution in [0.15, 0.2) is 48.5 Å². The molecule has 3 nitrogen and oxygen atoms in total. The first-order valence-electron chi connectivity index (χ1n) is 6.35. The third-order valence-corrected chi connectivity index (χ3v) is 3.12. The van der Waals surface area contributed by atoms with E-state index in [-0.39, 0.29) is 5.91 Å². The number of amides is 1. The highest BCUT2D eigenvalue weighted by Gasteiger charge is 2.15. The van der Waals surface area contributed by atoms with Gasteiger partial charge in [-0.2, -0.15) is 0 Å². The van der Waals surface area contributed by atoms with Gasteiger partial charge in [-0.3, -0.25) is 4.79 Å². The van der Waals surface area contributed by atoms with Crippen LogP contribution < -0.4 is 10.1 Å². The highest BCUT2D eigenvalue weighted by atomic mass is 35.5. The fraction of sp³-hybridized carbons (Fsp3) is 0.188. The van der Waals surface area contributed by atoms with Crippen molar-refractivity contribution in [2.24, 2.45) is 0 Å².